The maximum absolute atomic E-state index is 16.0. The van der Waals surface area contributed by atoms with Gasteiger partial charge < -0.3 is 85.5 Å². The Labute approximate surface area is 626 Å². The number of nitrogens with zero attached hydrogens (tertiary/aromatic N) is 2. The van der Waals surface area contributed by atoms with Crippen LogP contribution in [0, 0.1) is 28.6 Å². The summed E-state index contributed by atoms with van der Waals surface area (Å²) in [6.45, 7) is 13.8. The van der Waals surface area contributed by atoms with Crippen LogP contribution in [0.1, 0.15) is 146 Å². The number of anilines is 1. The number of amides is 8. The van der Waals surface area contributed by atoms with Crippen LogP contribution in [0.4, 0.5) is 20.1 Å². The molecule has 1 aliphatic heterocycles. The summed E-state index contributed by atoms with van der Waals surface area (Å²) in [4.78, 5) is 182. The molecule has 0 unspecified atom stereocenters. The third-order valence-electron chi connectivity index (χ3n) is 20.8. The van der Waals surface area contributed by atoms with Crippen LogP contribution in [0.3, 0.4) is 0 Å². The van der Waals surface area contributed by atoms with Crippen LogP contribution >= 0.6 is 0 Å². The van der Waals surface area contributed by atoms with Crippen molar-refractivity contribution in [1.82, 2.24) is 31.1 Å². The maximum atomic E-state index is 16.0. The number of esters is 4. The lowest BCUT2D eigenvalue weighted by atomic mass is 9.44. The van der Waals surface area contributed by atoms with Gasteiger partial charge in [-0.15, -0.1) is 0 Å². The lowest BCUT2D eigenvalue weighted by Crippen LogP contribution is -2.82. The summed E-state index contributed by atoms with van der Waals surface area (Å²) >= 11 is 0. The summed E-state index contributed by atoms with van der Waals surface area (Å²) in [5.41, 5.74) is -2.17. The number of Topliss-reactive ketones (excluding diaryl/α,β-unsaturated/α-hetero) is 2. The van der Waals surface area contributed by atoms with Gasteiger partial charge in [0, 0.05) is 95.8 Å². The van der Waals surface area contributed by atoms with Gasteiger partial charge in [-0.25, -0.2) is 24.0 Å². The number of carbonyl (C=O) groups is 13. The number of aliphatic hydroxyl groups excluding tert-OH is 1. The second kappa shape index (κ2) is 35.4. The number of ketones is 2. The number of fused-ring (bicyclic) bond motifs is 5. The molecule has 8 rings (SSSR count). The van der Waals surface area contributed by atoms with Gasteiger partial charge in [-0.3, -0.25) is 38.4 Å². The van der Waals surface area contributed by atoms with Crippen LogP contribution in [-0.2, 0) is 78.1 Å². The Hall–Kier alpha value is -10.6. The predicted molar refractivity (Wildman–Crippen MR) is 387 cm³/mol. The van der Waals surface area contributed by atoms with Gasteiger partial charge in [-0.2, -0.15) is 0 Å². The topological polar surface area (TPSA) is 420 Å². The third kappa shape index (κ3) is 18.8. The molecule has 1 saturated heterocycles. The number of nitrogens with two attached hydrogens (primary N) is 1. The van der Waals surface area contributed by atoms with Gasteiger partial charge in [0.15, 0.2) is 17.5 Å². The first kappa shape index (κ1) is 83.1. The average molecular weight is 1500 g/mol. The summed E-state index contributed by atoms with van der Waals surface area (Å²) in [5, 5.41) is 40.0. The summed E-state index contributed by atoms with van der Waals surface area (Å²) in [7, 11) is 2.71. The van der Waals surface area contributed by atoms with Crippen LogP contribution in [0.2, 0.25) is 0 Å². The van der Waals surface area contributed by atoms with Gasteiger partial charge in [-0.1, -0.05) is 120 Å². The van der Waals surface area contributed by atoms with Gasteiger partial charge in [-0.05, 0) is 91.3 Å². The van der Waals surface area contributed by atoms with Crippen molar-refractivity contribution in [2.24, 2.45) is 34.3 Å². The first-order valence-corrected chi connectivity index (χ1v) is 35.8. The summed E-state index contributed by atoms with van der Waals surface area (Å²) in [6.07, 6.45) is -13.4. The molecule has 2 saturated carbocycles. The SMILES string of the molecule is CC(=O)O[C@H]1C(=O)[C@@]2(C)[C@H]([C@H](OC(=O)c3ccccc3)[C@]3(O)C[C@H](OC(=O)[C@H](OC(=O)N(C)CCN(C)C(=O)OCc4ccc(NC(=O)[C@H](CCCNC(N)=O)NC(=O)[C@@H](NC(=O)CCC(=O)C(C)C)C(C)C)cc4)[C@@H](NC(=O)c4ccccc4)c4ccccc4)C(C)=C1C3(C)C)[C@]1(OC(C)=O)CO[C@@H]1C[C@@H]2O. The third-order valence-corrected chi connectivity index (χ3v) is 20.8. The Morgan fingerprint density at radius 2 is 1.32 bits per heavy atom. The summed E-state index contributed by atoms with van der Waals surface area (Å²) < 4.78 is 42.9. The van der Waals surface area contributed by atoms with Crippen molar-refractivity contribution in [2.45, 2.75) is 180 Å². The molecule has 4 aliphatic rings. The van der Waals surface area contributed by atoms with Crippen LogP contribution < -0.4 is 32.3 Å². The minimum atomic E-state index is -2.57. The normalized spacial score (nSPS) is 23.5. The minimum Gasteiger partial charge on any atom is -0.455 e. The molecule has 1 heterocycles. The van der Waals surface area contributed by atoms with E-state index in [-0.39, 0.29) is 97.9 Å². The van der Waals surface area contributed by atoms with Crippen LogP contribution in [0.15, 0.2) is 126 Å². The van der Waals surface area contributed by atoms with Crippen molar-refractivity contribution < 1.29 is 106 Å². The largest absolute Gasteiger partial charge is 0.455 e. The molecule has 3 fully saturated rings. The highest BCUT2D eigenvalue weighted by atomic mass is 16.6. The second-order valence-electron chi connectivity index (χ2n) is 29.2. The van der Waals surface area contributed by atoms with Gasteiger partial charge in [0.2, 0.25) is 23.8 Å². The number of primary amides is 1. The Kier molecular flexibility index (Phi) is 27.2. The minimum absolute atomic E-state index is 0.00549. The number of likely N-dealkylation sites (N-methyl/N-ethyl adjacent to an activating group) is 2. The summed E-state index contributed by atoms with van der Waals surface area (Å²) in [6, 6.07) is 25.2. The number of rotatable bonds is 30. The Bertz CT molecular complexity index is 4030. The molecule has 108 heavy (non-hydrogen) atoms. The van der Waals surface area contributed by atoms with Gasteiger partial charge in [0.05, 0.1) is 29.6 Å². The van der Waals surface area contributed by atoms with Crippen molar-refractivity contribution in [2.75, 3.05) is 45.7 Å². The van der Waals surface area contributed by atoms with E-state index >= 15 is 9.59 Å². The highest BCUT2D eigenvalue weighted by molar-refractivity contribution is 5.99. The number of ether oxygens (including phenoxy) is 7. The Morgan fingerprint density at radius 3 is 1.89 bits per heavy atom. The van der Waals surface area contributed by atoms with Gasteiger partial charge >= 0.3 is 42.1 Å². The number of hydrogen-bond donors (Lipinski definition) is 8. The van der Waals surface area contributed by atoms with E-state index in [0.29, 0.717) is 11.3 Å². The van der Waals surface area contributed by atoms with Crippen LogP contribution in [-0.4, -0.2) is 198 Å². The van der Waals surface area contributed by atoms with E-state index in [9.17, 15) is 63.0 Å². The molecular weight excluding hydrogens is 1400 g/mol. The van der Waals surface area contributed by atoms with Gasteiger partial charge in [0.25, 0.3) is 5.91 Å². The van der Waals surface area contributed by atoms with Crippen molar-refractivity contribution in [3.63, 3.8) is 0 Å². The van der Waals surface area contributed by atoms with Crippen molar-refractivity contribution in [3.05, 3.63) is 149 Å². The molecule has 4 aromatic rings. The van der Waals surface area contributed by atoms with E-state index in [4.69, 9.17) is 38.9 Å². The van der Waals surface area contributed by atoms with E-state index in [0.717, 1.165) is 23.6 Å². The number of hydrogen-bond acceptors (Lipinski definition) is 22. The van der Waals surface area contributed by atoms with Crippen molar-refractivity contribution >= 4 is 83.0 Å². The highest BCUT2D eigenvalue weighted by Crippen LogP contribution is 2.64. The van der Waals surface area contributed by atoms with Crippen LogP contribution in [0.25, 0.3) is 0 Å². The Balaban J connectivity index is 1.03. The zero-order valence-electron chi connectivity index (χ0n) is 62.7. The van der Waals surface area contributed by atoms with Crippen molar-refractivity contribution in [3.8, 4) is 0 Å². The molecule has 9 N–H and O–H groups in total. The number of nitrogens with one attached hydrogen (secondary N) is 5. The second-order valence-corrected chi connectivity index (χ2v) is 29.2. The molecule has 2 bridgehead atoms. The number of benzene rings is 4. The zero-order chi connectivity index (χ0) is 79.3. The van der Waals surface area contributed by atoms with Crippen molar-refractivity contribution in [1.29, 1.82) is 0 Å². The fourth-order valence-electron chi connectivity index (χ4n) is 14.5. The molecule has 30 heteroatoms. The molecular formula is C78H98N8O22. The molecule has 0 aromatic heterocycles. The molecule has 8 amide bonds. The molecule has 30 nitrogen and oxygen atoms in total. The quantitative estimate of drug-likeness (QED) is 0.0126. The maximum Gasteiger partial charge on any atom is 0.410 e. The Morgan fingerprint density at radius 1 is 0.722 bits per heavy atom. The smallest absolute Gasteiger partial charge is 0.410 e. The number of urea groups is 1. The zero-order valence-corrected chi connectivity index (χ0v) is 62.7. The molecule has 4 aromatic carbocycles. The molecule has 582 valence electrons. The van der Waals surface area contributed by atoms with E-state index in [2.05, 4.69) is 26.6 Å². The van der Waals surface area contributed by atoms with Gasteiger partial charge in [0.1, 0.15) is 54.4 Å². The average Bonchev–Trinajstić information content (AvgIpc) is 0.668. The predicted octanol–water partition coefficient (Wildman–Crippen LogP) is 6.10. The number of carbonyl (C=O) groups excluding carboxylic acids is 13. The fraction of sp³-hybridized carbons (Fsp3) is 0.500. The van der Waals surface area contributed by atoms with E-state index in [1.54, 1.807) is 107 Å². The van der Waals surface area contributed by atoms with Crippen LogP contribution in [0.5, 0.6) is 0 Å². The molecule has 0 radical (unpaired) electrons. The number of aliphatic hydroxyl groups is 2. The first-order chi connectivity index (χ1) is 50.9. The van der Waals surface area contributed by atoms with E-state index in [1.807, 2.05) is 0 Å². The first-order valence-electron chi connectivity index (χ1n) is 35.8. The molecule has 3 aliphatic carbocycles. The molecule has 13 atom stereocenters. The van der Waals surface area contributed by atoms with E-state index < -0.39 is 173 Å². The fourth-order valence-corrected chi connectivity index (χ4v) is 14.5. The lowest BCUT2D eigenvalue weighted by molar-refractivity contribution is -0.346. The monoisotopic (exact) mass is 1500 g/mol. The highest BCUT2D eigenvalue weighted by Gasteiger charge is 2.78. The lowest BCUT2D eigenvalue weighted by Gasteiger charge is -2.67. The molecule has 0 spiro atoms. The summed E-state index contributed by atoms with van der Waals surface area (Å²) in [5.74, 6) is -10.1. The van der Waals surface area contributed by atoms with E-state index in [1.165, 1.54) is 78.2 Å². The standard InChI is InChI=1S/C78H98N8O22/c1-43(2)54(89)34-35-58(91)83-60(44(3)4)69(95)82-53(29-22-36-80-72(79)98)68(94)81-52-32-30-48(31-33-52)41-102-73(99)85(11)37-38-86(12)74(100)106-63(61(49-23-16-13-17-24-49)84-67(93)50-25-18-14-19-26-50)71(97)105-55-40-78(101)66(107-70(96)51-27-20-15-21-28-51)64-76(10,56(90)39-57-77(64,42-103-57)108-47(7)88)65(92)62(104-46(6)87)59(45(55)5)75(78,8)9/h13-21,23-28,30-33,43-44,53,55-57,60-64,66,90,101H,22,29,34-42H2,1-12H3,(H,81,94)(H,82,95)(H,83,91)(H,84,93)(H3,79,80,98)/t53-,55-,56-,57+,60-,61-,62+,63+,64-,66-,76+,77-,78+/m0/s1.